The van der Waals surface area contributed by atoms with Crippen molar-refractivity contribution in [2.45, 2.75) is 6.54 Å². The van der Waals surface area contributed by atoms with E-state index in [9.17, 15) is 5.11 Å². The zero-order valence-electron chi connectivity index (χ0n) is 9.88. The zero-order chi connectivity index (χ0) is 12.4. The molecule has 90 valence electrons. The Morgan fingerprint density at radius 1 is 0.944 bits per heavy atom. The van der Waals surface area contributed by atoms with E-state index in [1.165, 1.54) is 5.56 Å². The summed E-state index contributed by atoms with van der Waals surface area (Å²) >= 11 is 0. The average Bonchev–Trinajstić information content (AvgIpc) is 2.82. The molecule has 0 radical (unpaired) electrons. The lowest BCUT2D eigenvalue weighted by molar-refractivity contribution is 0.481. The van der Waals surface area contributed by atoms with Gasteiger partial charge in [-0.1, -0.05) is 36.4 Å². The van der Waals surface area contributed by atoms with Crippen LogP contribution in [0.5, 0.6) is 5.75 Å². The standard InChI is InChI=1S/C15H14N2O/c18-15-8-4-7-14-13(15)9-10-17(14)16-11-12-5-2-1-3-6-12/h1-10,16,18H,11H2. The van der Waals surface area contributed by atoms with Gasteiger partial charge in [0.25, 0.3) is 0 Å². The Hall–Kier alpha value is -2.42. The number of fused-ring (bicyclic) bond motifs is 1. The molecular weight excluding hydrogens is 224 g/mol. The van der Waals surface area contributed by atoms with E-state index in [0.717, 1.165) is 17.4 Å². The summed E-state index contributed by atoms with van der Waals surface area (Å²) in [6, 6.07) is 17.6. The van der Waals surface area contributed by atoms with Gasteiger partial charge >= 0.3 is 0 Å². The van der Waals surface area contributed by atoms with E-state index in [1.807, 2.05) is 47.3 Å². The van der Waals surface area contributed by atoms with Crippen LogP contribution in [0, 0.1) is 0 Å². The Morgan fingerprint density at radius 2 is 1.78 bits per heavy atom. The van der Waals surface area contributed by atoms with Gasteiger partial charge in [0, 0.05) is 11.6 Å². The SMILES string of the molecule is Oc1cccc2c1ccn2NCc1ccccc1. The van der Waals surface area contributed by atoms with Crippen molar-refractivity contribution >= 4 is 10.9 Å². The number of benzene rings is 2. The van der Waals surface area contributed by atoms with Gasteiger partial charge in [-0.25, -0.2) is 0 Å². The molecule has 0 saturated carbocycles. The van der Waals surface area contributed by atoms with Crippen molar-refractivity contribution in [3.63, 3.8) is 0 Å². The topological polar surface area (TPSA) is 37.2 Å². The second-order valence-electron chi connectivity index (χ2n) is 4.22. The summed E-state index contributed by atoms with van der Waals surface area (Å²) in [5, 5.41) is 10.6. The van der Waals surface area contributed by atoms with Crippen LogP contribution in [0.15, 0.2) is 60.8 Å². The van der Waals surface area contributed by atoms with E-state index in [0.29, 0.717) is 5.75 Å². The summed E-state index contributed by atoms with van der Waals surface area (Å²) in [5.74, 6) is 0.313. The first kappa shape index (κ1) is 10.7. The molecule has 0 atom stereocenters. The highest BCUT2D eigenvalue weighted by Gasteiger charge is 2.03. The number of hydrogen-bond acceptors (Lipinski definition) is 2. The molecule has 2 N–H and O–H groups in total. The van der Waals surface area contributed by atoms with Crippen LogP contribution in [0.25, 0.3) is 10.9 Å². The molecule has 3 heteroatoms. The Balaban J connectivity index is 1.85. The fourth-order valence-electron chi connectivity index (χ4n) is 2.06. The number of hydrogen-bond donors (Lipinski definition) is 2. The van der Waals surface area contributed by atoms with Crippen molar-refractivity contribution in [1.82, 2.24) is 4.68 Å². The lowest BCUT2D eigenvalue weighted by Gasteiger charge is -2.09. The number of aromatic hydroxyl groups is 1. The molecule has 3 rings (SSSR count). The van der Waals surface area contributed by atoms with Crippen LogP contribution in [-0.2, 0) is 6.54 Å². The average molecular weight is 238 g/mol. The first-order chi connectivity index (χ1) is 8.84. The first-order valence-corrected chi connectivity index (χ1v) is 5.91. The number of aromatic nitrogens is 1. The normalized spacial score (nSPS) is 10.7. The third kappa shape index (κ3) is 1.91. The maximum atomic E-state index is 9.73. The molecule has 0 spiro atoms. The fourth-order valence-corrected chi connectivity index (χ4v) is 2.06. The Morgan fingerprint density at radius 3 is 2.61 bits per heavy atom. The lowest BCUT2D eigenvalue weighted by atomic mass is 10.2. The molecular formula is C15H14N2O. The van der Waals surface area contributed by atoms with Gasteiger partial charge in [-0.2, -0.15) is 0 Å². The highest BCUT2D eigenvalue weighted by molar-refractivity contribution is 5.86. The number of phenols is 1. The number of phenolic OH excluding ortho intramolecular Hbond substituents is 1. The van der Waals surface area contributed by atoms with Crippen LogP contribution in [0.2, 0.25) is 0 Å². The van der Waals surface area contributed by atoms with Gasteiger partial charge in [-0.3, -0.25) is 4.68 Å². The maximum absolute atomic E-state index is 9.73. The van der Waals surface area contributed by atoms with Gasteiger partial charge in [0.15, 0.2) is 0 Å². The minimum atomic E-state index is 0.313. The highest BCUT2D eigenvalue weighted by Crippen LogP contribution is 2.24. The number of nitrogens with zero attached hydrogens (tertiary/aromatic N) is 1. The van der Waals surface area contributed by atoms with Crippen LogP contribution in [-0.4, -0.2) is 9.78 Å². The van der Waals surface area contributed by atoms with Crippen LogP contribution < -0.4 is 5.43 Å². The van der Waals surface area contributed by atoms with Crippen LogP contribution in [0.3, 0.4) is 0 Å². The molecule has 1 heterocycles. The Labute approximate surface area is 105 Å². The highest BCUT2D eigenvalue weighted by atomic mass is 16.3. The van der Waals surface area contributed by atoms with Crippen LogP contribution in [0.4, 0.5) is 0 Å². The fraction of sp³-hybridized carbons (Fsp3) is 0.0667. The van der Waals surface area contributed by atoms with Crippen LogP contribution >= 0.6 is 0 Å². The van der Waals surface area contributed by atoms with Crippen molar-refractivity contribution in [3.8, 4) is 5.75 Å². The molecule has 3 nitrogen and oxygen atoms in total. The maximum Gasteiger partial charge on any atom is 0.125 e. The van der Waals surface area contributed by atoms with Gasteiger partial charge < -0.3 is 10.5 Å². The van der Waals surface area contributed by atoms with Crippen molar-refractivity contribution < 1.29 is 5.11 Å². The molecule has 2 aromatic carbocycles. The minimum Gasteiger partial charge on any atom is -0.507 e. The monoisotopic (exact) mass is 238 g/mol. The second kappa shape index (κ2) is 4.45. The van der Waals surface area contributed by atoms with Gasteiger partial charge in [-0.05, 0) is 23.8 Å². The van der Waals surface area contributed by atoms with Crippen molar-refractivity contribution in [2.75, 3.05) is 5.43 Å². The van der Waals surface area contributed by atoms with Gasteiger partial charge in [0.05, 0.1) is 12.1 Å². The minimum absolute atomic E-state index is 0.313. The molecule has 0 fully saturated rings. The predicted molar refractivity (Wildman–Crippen MR) is 73.1 cm³/mol. The van der Waals surface area contributed by atoms with E-state index in [2.05, 4.69) is 17.6 Å². The molecule has 0 aliphatic carbocycles. The van der Waals surface area contributed by atoms with E-state index < -0.39 is 0 Å². The van der Waals surface area contributed by atoms with Crippen molar-refractivity contribution in [2.24, 2.45) is 0 Å². The molecule has 0 saturated heterocycles. The summed E-state index contributed by atoms with van der Waals surface area (Å²) in [7, 11) is 0. The van der Waals surface area contributed by atoms with E-state index >= 15 is 0 Å². The van der Waals surface area contributed by atoms with Gasteiger partial charge in [0.2, 0.25) is 0 Å². The van der Waals surface area contributed by atoms with Gasteiger partial charge in [-0.15, -0.1) is 0 Å². The molecule has 0 bridgehead atoms. The largest absolute Gasteiger partial charge is 0.507 e. The predicted octanol–water partition coefficient (Wildman–Crippen LogP) is 3.09. The van der Waals surface area contributed by atoms with E-state index in [-0.39, 0.29) is 0 Å². The molecule has 18 heavy (non-hydrogen) atoms. The molecule has 0 unspecified atom stereocenters. The Kier molecular flexibility index (Phi) is 2.65. The molecule has 0 aliphatic rings. The third-order valence-electron chi connectivity index (χ3n) is 3.01. The van der Waals surface area contributed by atoms with E-state index in [4.69, 9.17) is 0 Å². The molecule has 0 aliphatic heterocycles. The first-order valence-electron chi connectivity index (χ1n) is 5.91. The number of nitrogens with one attached hydrogen (secondary N) is 1. The third-order valence-corrected chi connectivity index (χ3v) is 3.01. The molecule has 0 amide bonds. The van der Waals surface area contributed by atoms with Crippen molar-refractivity contribution in [3.05, 3.63) is 66.4 Å². The summed E-state index contributed by atoms with van der Waals surface area (Å²) in [5.41, 5.74) is 5.52. The zero-order valence-corrected chi connectivity index (χ0v) is 9.88. The Bertz CT molecular complexity index is 659. The quantitative estimate of drug-likeness (QED) is 0.735. The number of rotatable bonds is 3. The molecule has 3 aromatic rings. The second-order valence-corrected chi connectivity index (χ2v) is 4.22. The van der Waals surface area contributed by atoms with Gasteiger partial charge in [0.1, 0.15) is 5.75 Å². The summed E-state index contributed by atoms with van der Waals surface area (Å²) < 4.78 is 1.93. The summed E-state index contributed by atoms with van der Waals surface area (Å²) in [6.45, 7) is 0.750. The molecule has 1 aromatic heterocycles. The lowest BCUT2D eigenvalue weighted by Crippen LogP contribution is -2.12. The van der Waals surface area contributed by atoms with Crippen molar-refractivity contribution in [1.29, 1.82) is 0 Å². The van der Waals surface area contributed by atoms with E-state index in [1.54, 1.807) is 6.07 Å². The summed E-state index contributed by atoms with van der Waals surface area (Å²) in [4.78, 5) is 0. The summed E-state index contributed by atoms with van der Waals surface area (Å²) in [6.07, 6.45) is 1.92. The smallest absolute Gasteiger partial charge is 0.125 e. The van der Waals surface area contributed by atoms with Crippen LogP contribution in [0.1, 0.15) is 5.56 Å².